The third kappa shape index (κ3) is 3.67. The van der Waals surface area contributed by atoms with E-state index in [9.17, 15) is 14.0 Å². The molecule has 0 saturated carbocycles. The van der Waals surface area contributed by atoms with Crippen molar-refractivity contribution in [2.24, 2.45) is 0 Å². The molecule has 0 saturated heterocycles. The first-order valence-corrected chi connectivity index (χ1v) is 4.61. The van der Waals surface area contributed by atoms with Gasteiger partial charge in [-0.2, -0.15) is 0 Å². The van der Waals surface area contributed by atoms with E-state index in [4.69, 9.17) is 11.6 Å². The van der Waals surface area contributed by atoms with Crippen LogP contribution < -0.4 is 5.32 Å². The quantitative estimate of drug-likeness (QED) is 0.809. The predicted octanol–water partition coefficient (Wildman–Crippen LogP) is 2.40. The smallest absolute Gasteiger partial charge is 0.231 e. The normalized spacial score (nSPS) is 9.80. The second-order valence-electron chi connectivity index (χ2n) is 3.05. The van der Waals surface area contributed by atoms with Crippen LogP contribution in [0.25, 0.3) is 0 Å². The Morgan fingerprint density at radius 2 is 2.13 bits per heavy atom. The summed E-state index contributed by atoms with van der Waals surface area (Å²) in [7, 11) is 0. The summed E-state index contributed by atoms with van der Waals surface area (Å²) >= 11 is 5.53. The van der Waals surface area contributed by atoms with Gasteiger partial charge in [-0.1, -0.05) is 11.6 Å². The fourth-order valence-corrected chi connectivity index (χ4v) is 1.17. The van der Waals surface area contributed by atoms with Gasteiger partial charge in [-0.3, -0.25) is 9.59 Å². The van der Waals surface area contributed by atoms with Crippen LogP contribution in [0.1, 0.15) is 13.3 Å². The summed E-state index contributed by atoms with van der Waals surface area (Å²) in [5, 5.41) is 2.52. The minimum Gasteiger partial charge on any atom is -0.323 e. The SMILES string of the molecule is CC(=O)CC(=O)Nc1ccc(Cl)cc1F. The van der Waals surface area contributed by atoms with Gasteiger partial charge in [-0.15, -0.1) is 0 Å². The van der Waals surface area contributed by atoms with Crippen molar-refractivity contribution in [3.8, 4) is 0 Å². The van der Waals surface area contributed by atoms with Crippen LogP contribution in [0.5, 0.6) is 0 Å². The monoisotopic (exact) mass is 229 g/mol. The molecule has 0 atom stereocenters. The van der Waals surface area contributed by atoms with Crippen molar-refractivity contribution >= 4 is 29.0 Å². The van der Waals surface area contributed by atoms with Gasteiger partial charge in [0.15, 0.2) is 0 Å². The van der Waals surface area contributed by atoms with Gasteiger partial charge in [0.05, 0.1) is 12.1 Å². The van der Waals surface area contributed by atoms with E-state index < -0.39 is 11.7 Å². The lowest BCUT2D eigenvalue weighted by atomic mass is 10.2. The van der Waals surface area contributed by atoms with Crippen LogP contribution in [-0.2, 0) is 9.59 Å². The van der Waals surface area contributed by atoms with E-state index in [2.05, 4.69) is 5.32 Å². The number of hydrogen-bond acceptors (Lipinski definition) is 2. The van der Waals surface area contributed by atoms with E-state index in [-0.39, 0.29) is 22.9 Å². The first kappa shape index (κ1) is 11.7. The molecule has 1 aromatic carbocycles. The van der Waals surface area contributed by atoms with Gasteiger partial charge < -0.3 is 5.32 Å². The fraction of sp³-hybridized carbons (Fsp3) is 0.200. The zero-order chi connectivity index (χ0) is 11.4. The summed E-state index contributed by atoms with van der Waals surface area (Å²) in [6, 6.07) is 3.88. The molecular weight excluding hydrogens is 221 g/mol. The number of amides is 1. The molecule has 0 spiro atoms. The van der Waals surface area contributed by atoms with E-state index in [0.717, 1.165) is 6.07 Å². The predicted molar refractivity (Wildman–Crippen MR) is 55.3 cm³/mol. The lowest BCUT2D eigenvalue weighted by molar-refractivity contribution is -0.124. The molecule has 80 valence electrons. The molecule has 0 fully saturated rings. The second-order valence-corrected chi connectivity index (χ2v) is 3.49. The summed E-state index contributed by atoms with van der Waals surface area (Å²) < 4.78 is 13.2. The van der Waals surface area contributed by atoms with Crippen molar-refractivity contribution in [2.75, 3.05) is 5.32 Å². The highest BCUT2D eigenvalue weighted by atomic mass is 35.5. The van der Waals surface area contributed by atoms with E-state index in [1.165, 1.54) is 19.1 Å². The molecule has 0 aliphatic rings. The molecule has 15 heavy (non-hydrogen) atoms. The molecule has 1 amide bonds. The maximum atomic E-state index is 13.2. The van der Waals surface area contributed by atoms with Crippen molar-refractivity contribution in [3.63, 3.8) is 0 Å². The van der Waals surface area contributed by atoms with E-state index >= 15 is 0 Å². The number of carbonyl (C=O) groups excluding carboxylic acids is 2. The standard InChI is InChI=1S/C10H9ClFNO2/c1-6(14)4-10(15)13-9-3-2-7(11)5-8(9)12/h2-3,5H,4H2,1H3,(H,13,15). The molecule has 1 aromatic rings. The molecular formula is C10H9ClFNO2. The second kappa shape index (κ2) is 4.89. The Balaban J connectivity index is 2.72. The van der Waals surface area contributed by atoms with Crippen molar-refractivity contribution in [3.05, 3.63) is 29.0 Å². The molecule has 0 aliphatic heterocycles. The number of hydrogen-bond donors (Lipinski definition) is 1. The minimum absolute atomic E-state index is 0.0191. The van der Waals surface area contributed by atoms with Gasteiger partial charge in [0.25, 0.3) is 0 Å². The molecule has 0 aliphatic carbocycles. The average Bonchev–Trinajstić information content (AvgIpc) is 2.08. The van der Waals surface area contributed by atoms with Gasteiger partial charge in [0.2, 0.25) is 5.91 Å². The largest absolute Gasteiger partial charge is 0.323 e. The van der Waals surface area contributed by atoms with E-state index in [0.29, 0.717) is 0 Å². The summed E-state index contributed by atoms with van der Waals surface area (Å²) in [6.45, 7) is 1.29. The molecule has 5 heteroatoms. The third-order valence-corrected chi connectivity index (χ3v) is 1.85. The molecule has 1 N–H and O–H groups in total. The van der Waals surface area contributed by atoms with E-state index in [1.807, 2.05) is 0 Å². The maximum absolute atomic E-state index is 13.2. The van der Waals surface area contributed by atoms with Gasteiger partial charge >= 0.3 is 0 Å². The Labute approximate surface area is 91.2 Å². The van der Waals surface area contributed by atoms with Crippen LogP contribution in [0.3, 0.4) is 0 Å². The molecule has 3 nitrogen and oxygen atoms in total. The maximum Gasteiger partial charge on any atom is 0.231 e. The Morgan fingerprint density at radius 1 is 1.47 bits per heavy atom. The molecule has 0 unspecified atom stereocenters. The van der Waals surface area contributed by atoms with Crippen LogP contribution in [0, 0.1) is 5.82 Å². The van der Waals surface area contributed by atoms with Crippen molar-refractivity contribution in [2.45, 2.75) is 13.3 Å². The summed E-state index contributed by atoms with van der Waals surface area (Å²) in [5.41, 5.74) is 0.0191. The Hall–Kier alpha value is -1.42. The van der Waals surface area contributed by atoms with Gasteiger partial charge in [0.1, 0.15) is 11.6 Å². The summed E-state index contributed by atoms with van der Waals surface area (Å²) in [5.74, 6) is -1.44. The van der Waals surface area contributed by atoms with Crippen LogP contribution >= 0.6 is 11.6 Å². The first-order valence-electron chi connectivity index (χ1n) is 4.23. The van der Waals surface area contributed by atoms with E-state index in [1.54, 1.807) is 0 Å². The van der Waals surface area contributed by atoms with Gasteiger partial charge in [-0.25, -0.2) is 4.39 Å². The van der Waals surface area contributed by atoms with Crippen molar-refractivity contribution < 1.29 is 14.0 Å². The molecule has 0 bridgehead atoms. The number of nitrogens with one attached hydrogen (secondary N) is 1. The average molecular weight is 230 g/mol. The number of anilines is 1. The highest BCUT2D eigenvalue weighted by molar-refractivity contribution is 6.30. The van der Waals surface area contributed by atoms with Crippen molar-refractivity contribution in [1.82, 2.24) is 0 Å². The van der Waals surface area contributed by atoms with Crippen LogP contribution in [0.15, 0.2) is 18.2 Å². The summed E-state index contributed by atoms with van der Waals surface area (Å²) in [6.07, 6.45) is -0.262. The Morgan fingerprint density at radius 3 is 2.67 bits per heavy atom. The van der Waals surface area contributed by atoms with Crippen LogP contribution in [0.2, 0.25) is 5.02 Å². The topological polar surface area (TPSA) is 46.2 Å². The first-order chi connectivity index (χ1) is 6.99. The number of rotatable bonds is 3. The number of carbonyl (C=O) groups is 2. The fourth-order valence-electron chi connectivity index (χ4n) is 1.01. The molecule has 0 heterocycles. The Bertz CT molecular complexity index is 406. The lowest BCUT2D eigenvalue weighted by Crippen LogP contribution is -2.15. The van der Waals surface area contributed by atoms with Crippen molar-refractivity contribution in [1.29, 1.82) is 0 Å². The lowest BCUT2D eigenvalue weighted by Gasteiger charge is -2.05. The van der Waals surface area contributed by atoms with Crippen LogP contribution in [0.4, 0.5) is 10.1 Å². The molecule has 0 radical (unpaired) electrons. The molecule has 1 rings (SSSR count). The highest BCUT2D eigenvalue weighted by Gasteiger charge is 2.08. The number of benzene rings is 1. The molecule has 0 aromatic heterocycles. The zero-order valence-corrected chi connectivity index (χ0v) is 8.77. The van der Waals surface area contributed by atoms with Gasteiger partial charge in [0, 0.05) is 5.02 Å². The number of Topliss-reactive ketones (excluding diaryl/α,β-unsaturated/α-hetero) is 1. The number of halogens is 2. The zero-order valence-electron chi connectivity index (χ0n) is 8.01. The highest BCUT2D eigenvalue weighted by Crippen LogP contribution is 2.18. The third-order valence-electron chi connectivity index (χ3n) is 1.61. The minimum atomic E-state index is -0.626. The van der Waals surface area contributed by atoms with Gasteiger partial charge in [-0.05, 0) is 25.1 Å². The van der Waals surface area contributed by atoms with Crippen LogP contribution in [-0.4, -0.2) is 11.7 Å². The number of ketones is 1. The summed E-state index contributed by atoms with van der Waals surface area (Å²) in [4.78, 5) is 21.7. The Kier molecular flexibility index (Phi) is 3.80.